The zero-order chi connectivity index (χ0) is 33.1. The summed E-state index contributed by atoms with van der Waals surface area (Å²) in [5.41, 5.74) is 6.85. The van der Waals surface area contributed by atoms with Crippen LogP contribution in [0.1, 0.15) is 55.6 Å². The summed E-state index contributed by atoms with van der Waals surface area (Å²) in [6, 6.07) is 27.8. The molecule has 0 bridgehead atoms. The fourth-order valence-electron chi connectivity index (χ4n) is 5.50. The van der Waals surface area contributed by atoms with Crippen LogP contribution in [0.4, 0.5) is 0 Å². The van der Waals surface area contributed by atoms with E-state index in [9.17, 15) is 10.5 Å². The largest absolute Gasteiger partial charge is 0.451 e. The van der Waals surface area contributed by atoms with Gasteiger partial charge in [0.15, 0.2) is 11.5 Å². The lowest BCUT2D eigenvalue weighted by molar-refractivity contribution is 0.359. The zero-order valence-corrected chi connectivity index (χ0v) is 27.5. The Morgan fingerprint density at radius 2 is 0.522 bits per heavy atom. The molecule has 0 saturated carbocycles. The van der Waals surface area contributed by atoms with E-state index in [1.165, 1.54) is 0 Å². The summed E-state index contributed by atoms with van der Waals surface area (Å²) < 4.78 is 26.9. The molecule has 0 fully saturated rings. The highest BCUT2D eigenvalue weighted by Gasteiger charge is 2.33. The third-order valence-electron chi connectivity index (χ3n) is 8.00. The first-order chi connectivity index (χ1) is 22.0. The maximum Gasteiger partial charge on any atom is 0.217 e. The van der Waals surface area contributed by atoms with Crippen LogP contribution in [0.5, 0.6) is 46.0 Å². The molecule has 46 heavy (non-hydrogen) atoms. The first-order valence-electron chi connectivity index (χ1n) is 15.1. The van der Waals surface area contributed by atoms with Crippen LogP contribution in [0.3, 0.4) is 0 Å². The predicted octanol–water partition coefficient (Wildman–Crippen LogP) is 11.1. The van der Waals surface area contributed by atoms with Gasteiger partial charge < -0.3 is 18.9 Å². The summed E-state index contributed by atoms with van der Waals surface area (Å²) in [5, 5.41) is 21.4. The van der Waals surface area contributed by atoms with Crippen molar-refractivity contribution in [1.29, 1.82) is 10.5 Å². The van der Waals surface area contributed by atoms with Crippen molar-refractivity contribution in [1.82, 2.24) is 0 Å². The first-order valence-corrected chi connectivity index (χ1v) is 15.1. The Labute approximate surface area is 271 Å². The van der Waals surface area contributed by atoms with Gasteiger partial charge >= 0.3 is 0 Å². The Balaban J connectivity index is 1.94. The molecule has 0 amide bonds. The monoisotopic (exact) mass is 608 g/mol. The van der Waals surface area contributed by atoms with Crippen LogP contribution in [0.25, 0.3) is 0 Å². The third kappa shape index (κ3) is 5.99. The molecule has 6 heteroatoms. The minimum Gasteiger partial charge on any atom is -0.451 e. The molecule has 0 aliphatic rings. The molecule has 5 aromatic rings. The minimum atomic E-state index is -0.0264. The highest BCUT2D eigenvalue weighted by atomic mass is 16.6. The number of nitriles is 2. The molecule has 0 saturated heterocycles. The SMILES string of the molecule is Cc1cccc(C)c1Oc1c(C#N)c(C#N)c(Oc2c(C)cccc2C)c(Oc2c(C)cccc2C)c1Oc1c(C)cccc1C. The van der Waals surface area contributed by atoms with Crippen molar-refractivity contribution in [3.05, 3.63) is 128 Å². The van der Waals surface area contributed by atoms with E-state index in [1.807, 2.05) is 128 Å². The zero-order valence-electron chi connectivity index (χ0n) is 27.5. The van der Waals surface area contributed by atoms with Crippen molar-refractivity contribution in [3.63, 3.8) is 0 Å². The Kier molecular flexibility index (Phi) is 9.03. The molecule has 0 atom stereocenters. The standard InChI is InChI=1S/C40H36N2O4/c1-23-13-9-14-24(2)33(23)43-37-31(21-41)32(22-42)38(44-34-25(3)15-10-16-26(34)4)40(46-36-29(7)19-12-20-30(36)8)39(37)45-35-27(5)17-11-18-28(35)6/h9-20H,1-8H3. The lowest BCUT2D eigenvalue weighted by Gasteiger charge is -2.25. The summed E-state index contributed by atoms with van der Waals surface area (Å²) in [4.78, 5) is 0. The molecule has 0 spiro atoms. The van der Waals surface area contributed by atoms with Crippen LogP contribution < -0.4 is 18.9 Å². The molecule has 5 rings (SSSR count). The average Bonchev–Trinajstić information content (AvgIpc) is 3.01. The molecule has 0 aliphatic carbocycles. The third-order valence-corrected chi connectivity index (χ3v) is 8.00. The number of hydrogen-bond acceptors (Lipinski definition) is 6. The number of benzene rings is 5. The first kappa shape index (κ1) is 31.7. The van der Waals surface area contributed by atoms with Gasteiger partial charge in [0.25, 0.3) is 0 Å². The van der Waals surface area contributed by atoms with Crippen molar-refractivity contribution in [2.45, 2.75) is 55.4 Å². The van der Waals surface area contributed by atoms with E-state index in [0.29, 0.717) is 23.0 Å². The van der Waals surface area contributed by atoms with E-state index < -0.39 is 0 Å². The summed E-state index contributed by atoms with van der Waals surface area (Å²) in [6.07, 6.45) is 0. The number of hydrogen-bond donors (Lipinski definition) is 0. The summed E-state index contributed by atoms with van der Waals surface area (Å²) in [7, 11) is 0. The van der Waals surface area contributed by atoms with Crippen molar-refractivity contribution in [2.75, 3.05) is 0 Å². The highest BCUT2D eigenvalue weighted by Crippen LogP contribution is 2.56. The maximum atomic E-state index is 10.7. The van der Waals surface area contributed by atoms with E-state index in [-0.39, 0.29) is 34.1 Å². The smallest absolute Gasteiger partial charge is 0.217 e. The number of aryl methyl sites for hydroxylation is 8. The Morgan fingerprint density at radius 3 is 0.717 bits per heavy atom. The van der Waals surface area contributed by atoms with Gasteiger partial charge in [-0.05, 0) is 99.9 Å². The Morgan fingerprint density at radius 1 is 0.326 bits per heavy atom. The maximum absolute atomic E-state index is 10.7. The van der Waals surface area contributed by atoms with Gasteiger partial charge in [0.2, 0.25) is 11.5 Å². The van der Waals surface area contributed by atoms with Crippen molar-refractivity contribution in [3.8, 4) is 58.1 Å². The summed E-state index contributed by atoms with van der Waals surface area (Å²) >= 11 is 0. The van der Waals surface area contributed by atoms with Gasteiger partial charge in [-0.1, -0.05) is 72.8 Å². The Bertz CT molecular complexity index is 1840. The van der Waals surface area contributed by atoms with Gasteiger partial charge in [-0.3, -0.25) is 0 Å². The number of ether oxygens (including phenoxy) is 4. The molecule has 0 aromatic heterocycles. The molecule has 0 heterocycles. The lowest BCUT2D eigenvalue weighted by atomic mass is 10.0. The molecule has 230 valence electrons. The second kappa shape index (κ2) is 13.1. The molecular weight excluding hydrogens is 572 g/mol. The van der Waals surface area contributed by atoms with Crippen LogP contribution in [0.2, 0.25) is 0 Å². The average molecular weight is 609 g/mol. The van der Waals surface area contributed by atoms with Gasteiger partial charge in [-0.15, -0.1) is 0 Å². The summed E-state index contributed by atoms with van der Waals surface area (Å²) in [5.74, 6) is 2.63. The van der Waals surface area contributed by atoms with E-state index in [4.69, 9.17) is 18.9 Å². The summed E-state index contributed by atoms with van der Waals surface area (Å²) in [6.45, 7) is 15.5. The van der Waals surface area contributed by atoms with Gasteiger partial charge in [0.05, 0.1) is 0 Å². The molecule has 0 radical (unpaired) electrons. The van der Waals surface area contributed by atoms with Gasteiger partial charge in [-0.25, -0.2) is 0 Å². The van der Waals surface area contributed by atoms with E-state index in [0.717, 1.165) is 44.5 Å². The molecule has 0 unspecified atom stereocenters. The van der Waals surface area contributed by atoms with Crippen molar-refractivity contribution < 1.29 is 18.9 Å². The molecular formula is C40H36N2O4. The van der Waals surface area contributed by atoms with E-state index in [2.05, 4.69) is 12.1 Å². The van der Waals surface area contributed by atoms with Gasteiger partial charge in [-0.2, -0.15) is 10.5 Å². The van der Waals surface area contributed by atoms with E-state index in [1.54, 1.807) is 0 Å². The second-order valence-electron chi connectivity index (χ2n) is 11.6. The van der Waals surface area contributed by atoms with Crippen LogP contribution in [-0.2, 0) is 0 Å². The van der Waals surface area contributed by atoms with E-state index >= 15 is 0 Å². The van der Waals surface area contributed by atoms with Gasteiger partial charge in [0, 0.05) is 0 Å². The second-order valence-corrected chi connectivity index (χ2v) is 11.6. The Hall–Kier alpha value is -5.72. The molecule has 0 N–H and O–H groups in total. The quantitative estimate of drug-likeness (QED) is 0.174. The van der Waals surface area contributed by atoms with Crippen molar-refractivity contribution in [2.24, 2.45) is 0 Å². The number of rotatable bonds is 8. The minimum absolute atomic E-state index is 0.0264. The normalized spacial score (nSPS) is 10.6. The van der Waals surface area contributed by atoms with Crippen LogP contribution in [0, 0.1) is 78.1 Å². The predicted molar refractivity (Wildman–Crippen MR) is 180 cm³/mol. The molecule has 6 nitrogen and oxygen atoms in total. The fourth-order valence-corrected chi connectivity index (χ4v) is 5.50. The lowest BCUT2D eigenvalue weighted by Crippen LogP contribution is -2.06. The van der Waals surface area contributed by atoms with Crippen LogP contribution in [0.15, 0.2) is 72.8 Å². The highest BCUT2D eigenvalue weighted by molar-refractivity contribution is 5.76. The number of para-hydroxylation sites is 4. The van der Waals surface area contributed by atoms with Crippen molar-refractivity contribution >= 4 is 0 Å². The van der Waals surface area contributed by atoms with Gasteiger partial charge in [0.1, 0.15) is 46.3 Å². The fraction of sp³-hybridized carbons (Fsp3) is 0.200. The van der Waals surface area contributed by atoms with Crippen LogP contribution >= 0.6 is 0 Å². The molecule has 5 aromatic carbocycles. The number of nitrogens with zero attached hydrogens (tertiary/aromatic N) is 2. The van der Waals surface area contributed by atoms with Crippen LogP contribution in [-0.4, -0.2) is 0 Å². The molecule has 0 aliphatic heterocycles. The topological polar surface area (TPSA) is 84.5 Å².